The zero-order chi connectivity index (χ0) is 20.5. The van der Waals surface area contributed by atoms with Crippen molar-refractivity contribution in [1.82, 2.24) is 0 Å². The quantitative estimate of drug-likeness (QED) is 0.356. The molecule has 0 saturated carbocycles. The largest absolute Gasteiger partial charge is 0.477 e. The summed E-state index contributed by atoms with van der Waals surface area (Å²) in [7, 11) is 0. The van der Waals surface area contributed by atoms with Crippen LogP contribution in [0.4, 0.5) is 0 Å². The Morgan fingerprint density at radius 1 is 0.821 bits per heavy atom. The van der Waals surface area contributed by atoms with E-state index in [4.69, 9.17) is 19.7 Å². The molecule has 2 aromatic rings. The van der Waals surface area contributed by atoms with Gasteiger partial charge in [0.25, 0.3) is 6.29 Å². The van der Waals surface area contributed by atoms with E-state index in [9.17, 15) is 19.2 Å². The van der Waals surface area contributed by atoms with E-state index < -0.39 is 35.7 Å². The smallest absolute Gasteiger partial charge is 0.343 e. The van der Waals surface area contributed by atoms with Crippen molar-refractivity contribution in [3.05, 3.63) is 77.4 Å². The first-order valence-corrected chi connectivity index (χ1v) is 8.04. The molecule has 0 amide bonds. The van der Waals surface area contributed by atoms with Crippen molar-refractivity contribution >= 4 is 30.0 Å². The van der Waals surface area contributed by atoms with Crippen molar-refractivity contribution in [2.24, 2.45) is 0 Å². The topological polar surface area (TPSA) is 127 Å². The van der Waals surface area contributed by atoms with Gasteiger partial charge in [0, 0.05) is 5.56 Å². The van der Waals surface area contributed by atoms with Crippen LogP contribution in [-0.2, 0) is 28.7 Å². The minimum absolute atomic E-state index is 0.302. The van der Waals surface area contributed by atoms with E-state index in [-0.39, 0.29) is 6.42 Å². The second kappa shape index (κ2) is 9.67. The summed E-state index contributed by atoms with van der Waals surface area (Å²) in [6, 6.07) is 17.3. The summed E-state index contributed by atoms with van der Waals surface area (Å²) in [6.45, 7) is 0. The summed E-state index contributed by atoms with van der Waals surface area (Å²) in [4.78, 5) is 42.9. The Bertz CT molecular complexity index is 855. The third kappa shape index (κ3) is 6.10. The Kier molecular flexibility index (Phi) is 7.04. The van der Waals surface area contributed by atoms with Gasteiger partial charge in [0.15, 0.2) is 0 Å². The monoisotopic (exact) mass is 384 g/mol. The lowest BCUT2D eigenvalue weighted by Gasteiger charge is -2.22. The maximum Gasteiger partial charge on any atom is 0.343 e. The molecule has 0 radical (unpaired) electrons. The van der Waals surface area contributed by atoms with Gasteiger partial charge in [-0.3, -0.25) is 9.59 Å². The highest BCUT2D eigenvalue weighted by molar-refractivity contribution is 6.16. The molecule has 0 spiro atoms. The van der Waals surface area contributed by atoms with Crippen LogP contribution < -0.4 is 0 Å². The van der Waals surface area contributed by atoms with Gasteiger partial charge in [0.1, 0.15) is 12.0 Å². The molecule has 0 bridgehead atoms. The summed E-state index contributed by atoms with van der Waals surface area (Å²) in [6.07, 6.45) is -0.0708. The Balaban J connectivity index is 0.000000200. The van der Waals surface area contributed by atoms with Crippen LogP contribution in [0.25, 0.3) is 6.08 Å². The van der Waals surface area contributed by atoms with E-state index in [1.807, 2.05) is 6.07 Å². The molecule has 8 nitrogen and oxygen atoms in total. The summed E-state index contributed by atoms with van der Waals surface area (Å²) < 4.78 is 9.72. The van der Waals surface area contributed by atoms with Gasteiger partial charge in [-0.15, -0.1) is 0 Å². The van der Waals surface area contributed by atoms with Crippen molar-refractivity contribution in [1.29, 1.82) is 0 Å². The standard InChI is InChI=1S/2C10H8O4/c11-8-6-9(12)14-10(13-8)7-4-2-1-3-5-7;11-9(12)8(10(13)14)6-7-4-2-1-3-5-7/h1-5,10H,6H2;1-6H,(H,11,12)(H,13,14). The molecule has 0 aromatic heterocycles. The fourth-order valence-corrected chi connectivity index (χ4v) is 2.14. The molecule has 0 unspecified atom stereocenters. The Morgan fingerprint density at radius 2 is 1.29 bits per heavy atom. The third-order valence-corrected chi connectivity index (χ3v) is 3.41. The first-order chi connectivity index (χ1) is 13.4. The van der Waals surface area contributed by atoms with Gasteiger partial charge in [-0.05, 0) is 11.6 Å². The lowest BCUT2D eigenvalue weighted by molar-refractivity contribution is -0.205. The number of carbonyl (C=O) groups excluding carboxylic acids is 2. The van der Waals surface area contributed by atoms with Gasteiger partial charge < -0.3 is 19.7 Å². The second-order valence-electron chi connectivity index (χ2n) is 5.48. The van der Waals surface area contributed by atoms with Crippen LogP contribution in [0.2, 0.25) is 0 Å². The van der Waals surface area contributed by atoms with Crippen molar-refractivity contribution in [2.45, 2.75) is 12.7 Å². The zero-order valence-electron chi connectivity index (χ0n) is 14.5. The summed E-state index contributed by atoms with van der Waals surface area (Å²) in [5.41, 5.74) is 0.567. The van der Waals surface area contributed by atoms with Gasteiger partial charge in [0.2, 0.25) is 0 Å². The average Bonchev–Trinajstić information content (AvgIpc) is 2.67. The van der Waals surface area contributed by atoms with Crippen LogP contribution in [0.5, 0.6) is 0 Å². The molecule has 0 aliphatic carbocycles. The molecule has 8 heteroatoms. The SMILES string of the molecule is O=C(O)C(=Cc1ccccc1)C(=O)O.O=C1CC(=O)OC(c2ccccc2)O1. The number of cyclic esters (lactones) is 2. The molecule has 2 aromatic carbocycles. The fraction of sp³-hybridized carbons (Fsp3) is 0.100. The number of benzene rings is 2. The maximum atomic E-state index is 10.9. The van der Waals surface area contributed by atoms with Crippen molar-refractivity contribution < 1.29 is 38.9 Å². The number of hydrogen-bond acceptors (Lipinski definition) is 6. The van der Waals surface area contributed by atoms with Gasteiger partial charge in [-0.1, -0.05) is 60.7 Å². The predicted octanol–water partition coefficient (Wildman–Crippen LogP) is 2.41. The fourth-order valence-electron chi connectivity index (χ4n) is 2.14. The van der Waals surface area contributed by atoms with Crippen molar-refractivity contribution in [3.8, 4) is 0 Å². The summed E-state index contributed by atoms with van der Waals surface area (Å²) in [5.74, 6) is -3.98. The molecule has 144 valence electrons. The predicted molar refractivity (Wildman–Crippen MR) is 95.7 cm³/mol. The van der Waals surface area contributed by atoms with Crippen LogP contribution in [0.1, 0.15) is 23.8 Å². The lowest BCUT2D eigenvalue weighted by atomic mass is 10.1. The van der Waals surface area contributed by atoms with Gasteiger partial charge in [-0.25, -0.2) is 9.59 Å². The van der Waals surface area contributed by atoms with Crippen LogP contribution in [0, 0.1) is 0 Å². The van der Waals surface area contributed by atoms with E-state index in [0.717, 1.165) is 6.08 Å². The molecule has 1 aliphatic heterocycles. The zero-order valence-corrected chi connectivity index (χ0v) is 14.5. The van der Waals surface area contributed by atoms with Crippen LogP contribution >= 0.6 is 0 Å². The number of rotatable bonds is 4. The highest BCUT2D eigenvalue weighted by atomic mass is 16.7. The van der Waals surface area contributed by atoms with E-state index in [2.05, 4.69) is 0 Å². The molecule has 1 aliphatic rings. The molecular weight excluding hydrogens is 368 g/mol. The van der Waals surface area contributed by atoms with Gasteiger partial charge in [-0.2, -0.15) is 0 Å². The number of esters is 2. The summed E-state index contributed by atoms with van der Waals surface area (Å²) >= 11 is 0. The first-order valence-electron chi connectivity index (χ1n) is 8.04. The first kappa shape index (κ1) is 20.4. The second-order valence-corrected chi connectivity index (χ2v) is 5.48. The molecule has 1 heterocycles. The number of ether oxygens (including phenoxy) is 2. The number of carboxylic acid groups (broad SMARTS) is 2. The number of aliphatic carboxylic acids is 2. The van der Waals surface area contributed by atoms with Crippen molar-refractivity contribution in [2.75, 3.05) is 0 Å². The van der Waals surface area contributed by atoms with E-state index in [1.165, 1.54) is 0 Å². The van der Waals surface area contributed by atoms with E-state index in [1.54, 1.807) is 54.6 Å². The normalized spacial score (nSPS) is 13.3. The van der Waals surface area contributed by atoms with Crippen LogP contribution in [-0.4, -0.2) is 34.1 Å². The summed E-state index contributed by atoms with van der Waals surface area (Å²) in [5, 5.41) is 17.1. The van der Waals surface area contributed by atoms with Crippen LogP contribution in [0.3, 0.4) is 0 Å². The molecule has 0 atom stereocenters. The van der Waals surface area contributed by atoms with Crippen molar-refractivity contribution in [3.63, 3.8) is 0 Å². The molecular formula is C20H16O8. The Labute approximate surface area is 159 Å². The molecule has 3 rings (SSSR count). The third-order valence-electron chi connectivity index (χ3n) is 3.41. The highest BCUT2D eigenvalue weighted by Gasteiger charge is 2.28. The lowest BCUT2D eigenvalue weighted by Crippen LogP contribution is -2.26. The average molecular weight is 384 g/mol. The Morgan fingerprint density at radius 3 is 1.75 bits per heavy atom. The molecule has 28 heavy (non-hydrogen) atoms. The number of hydrogen-bond donors (Lipinski definition) is 2. The minimum atomic E-state index is -1.44. The minimum Gasteiger partial charge on any atom is -0.477 e. The highest BCUT2D eigenvalue weighted by Crippen LogP contribution is 2.23. The molecule has 2 N–H and O–H groups in total. The van der Waals surface area contributed by atoms with Gasteiger partial charge >= 0.3 is 23.9 Å². The number of carbonyl (C=O) groups is 4. The maximum absolute atomic E-state index is 10.9. The Hall–Kier alpha value is -3.94. The van der Waals surface area contributed by atoms with E-state index in [0.29, 0.717) is 11.1 Å². The number of carboxylic acids is 2. The molecule has 1 saturated heterocycles. The van der Waals surface area contributed by atoms with Gasteiger partial charge in [0.05, 0.1) is 0 Å². The molecule has 1 fully saturated rings. The van der Waals surface area contributed by atoms with Crippen LogP contribution in [0.15, 0.2) is 66.2 Å². The van der Waals surface area contributed by atoms with E-state index >= 15 is 0 Å².